The minimum absolute atomic E-state index is 0.0639. The smallest absolute Gasteiger partial charge is 0.180 e. The van der Waals surface area contributed by atoms with E-state index in [1.165, 1.54) is 11.3 Å². The Morgan fingerprint density at radius 2 is 2.15 bits per heavy atom. The average Bonchev–Trinajstić information content (AvgIpc) is 2.97. The first-order valence-electron chi connectivity index (χ1n) is 6.01. The summed E-state index contributed by atoms with van der Waals surface area (Å²) < 4.78 is 0.991. The number of halogens is 1. The number of hydrogen-bond acceptors (Lipinski definition) is 5. The molecule has 0 fully saturated rings. The Bertz CT molecular complexity index is 613. The summed E-state index contributed by atoms with van der Waals surface area (Å²) in [6.07, 6.45) is 0. The van der Waals surface area contributed by atoms with E-state index in [0.29, 0.717) is 12.4 Å². The van der Waals surface area contributed by atoms with Crippen LogP contribution in [0.1, 0.15) is 36.3 Å². The van der Waals surface area contributed by atoms with Crippen molar-refractivity contribution in [3.8, 4) is 0 Å². The maximum atomic E-state index is 5.84. The standard InChI is InChI=1S/C13H16BrN3OS2/c1-13(2,3)12-16-9(7-20-12)5-18-17-11(15)10-4-8(14)6-19-10/h4,6-7H,5H2,1-3H3,(H2,15,17). The number of amidine groups is 1. The van der Waals surface area contributed by atoms with Crippen LogP contribution in [0.4, 0.5) is 0 Å². The van der Waals surface area contributed by atoms with Crippen molar-refractivity contribution in [1.29, 1.82) is 0 Å². The third kappa shape index (κ3) is 4.04. The first kappa shape index (κ1) is 15.5. The zero-order valence-corrected chi connectivity index (χ0v) is 14.7. The van der Waals surface area contributed by atoms with Gasteiger partial charge in [-0.05, 0) is 22.0 Å². The summed E-state index contributed by atoms with van der Waals surface area (Å²) >= 11 is 6.53. The monoisotopic (exact) mass is 373 g/mol. The number of nitrogens with zero attached hydrogens (tertiary/aromatic N) is 2. The zero-order chi connectivity index (χ0) is 14.8. The highest BCUT2D eigenvalue weighted by molar-refractivity contribution is 9.10. The van der Waals surface area contributed by atoms with E-state index in [-0.39, 0.29) is 5.41 Å². The lowest BCUT2D eigenvalue weighted by Gasteiger charge is -2.13. The molecule has 0 saturated heterocycles. The molecule has 0 radical (unpaired) electrons. The average molecular weight is 374 g/mol. The fraction of sp³-hybridized carbons (Fsp3) is 0.385. The van der Waals surface area contributed by atoms with E-state index >= 15 is 0 Å². The van der Waals surface area contributed by atoms with Crippen LogP contribution in [0, 0.1) is 0 Å². The van der Waals surface area contributed by atoms with Crippen LogP contribution in [0.15, 0.2) is 26.5 Å². The molecular formula is C13H16BrN3OS2. The lowest BCUT2D eigenvalue weighted by atomic mass is 9.98. The van der Waals surface area contributed by atoms with Crippen LogP contribution >= 0.6 is 38.6 Å². The van der Waals surface area contributed by atoms with Gasteiger partial charge in [-0.25, -0.2) is 4.98 Å². The molecule has 4 nitrogen and oxygen atoms in total. The predicted octanol–water partition coefficient (Wildman–Crippen LogP) is 4.10. The molecule has 2 heterocycles. The second-order valence-electron chi connectivity index (χ2n) is 5.27. The van der Waals surface area contributed by atoms with Gasteiger partial charge in [0.2, 0.25) is 0 Å². The summed E-state index contributed by atoms with van der Waals surface area (Å²) in [5.74, 6) is 0.381. The van der Waals surface area contributed by atoms with Gasteiger partial charge >= 0.3 is 0 Å². The molecule has 0 aromatic carbocycles. The zero-order valence-electron chi connectivity index (χ0n) is 11.5. The van der Waals surface area contributed by atoms with Crippen molar-refractivity contribution in [3.63, 3.8) is 0 Å². The number of rotatable bonds is 4. The summed E-state index contributed by atoms with van der Waals surface area (Å²) in [5, 5.41) is 8.96. The molecule has 2 rings (SSSR count). The maximum absolute atomic E-state index is 5.84. The minimum atomic E-state index is 0.0639. The van der Waals surface area contributed by atoms with Crippen LogP contribution in [0.25, 0.3) is 0 Å². The number of thiophene rings is 1. The van der Waals surface area contributed by atoms with Gasteiger partial charge in [-0.1, -0.05) is 25.9 Å². The summed E-state index contributed by atoms with van der Waals surface area (Å²) in [7, 11) is 0. The van der Waals surface area contributed by atoms with Crippen LogP contribution in [0.5, 0.6) is 0 Å². The predicted molar refractivity (Wildman–Crippen MR) is 88.3 cm³/mol. The van der Waals surface area contributed by atoms with Gasteiger partial charge in [0.15, 0.2) is 12.4 Å². The third-order valence-corrected chi connectivity index (χ3v) is 5.42. The molecule has 2 N–H and O–H groups in total. The van der Waals surface area contributed by atoms with E-state index in [2.05, 4.69) is 46.8 Å². The molecule has 7 heteroatoms. The normalized spacial score (nSPS) is 12.7. The summed E-state index contributed by atoms with van der Waals surface area (Å²) in [5.41, 5.74) is 6.79. The number of hydrogen-bond donors (Lipinski definition) is 1. The van der Waals surface area contributed by atoms with Crippen molar-refractivity contribution in [2.24, 2.45) is 10.9 Å². The molecule has 2 aromatic heterocycles. The molecule has 0 aliphatic carbocycles. The van der Waals surface area contributed by atoms with E-state index in [9.17, 15) is 0 Å². The second kappa shape index (κ2) is 6.24. The molecular weight excluding hydrogens is 358 g/mol. The Labute approximate surface area is 134 Å². The highest BCUT2D eigenvalue weighted by Gasteiger charge is 2.18. The van der Waals surface area contributed by atoms with Crippen molar-refractivity contribution in [2.75, 3.05) is 0 Å². The van der Waals surface area contributed by atoms with E-state index < -0.39 is 0 Å². The van der Waals surface area contributed by atoms with Crippen LogP contribution in [-0.4, -0.2) is 10.8 Å². The molecule has 0 atom stereocenters. The number of nitrogens with two attached hydrogens (primary N) is 1. The Morgan fingerprint density at radius 1 is 1.40 bits per heavy atom. The summed E-state index contributed by atoms with van der Waals surface area (Å²) in [6, 6.07) is 1.91. The van der Waals surface area contributed by atoms with Crippen LogP contribution in [0.3, 0.4) is 0 Å². The van der Waals surface area contributed by atoms with Gasteiger partial charge in [-0.3, -0.25) is 0 Å². The van der Waals surface area contributed by atoms with Crippen LogP contribution < -0.4 is 5.73 Å². The quantitative estimate of drug-likeness (QED) is 0.498. The Hall–Kier alpha value is -0.920. The maximum Gasteiger partial charge on any atom is 0.180 e. The lowest BCUT2D eigenvalue weighted by Crippen LogP contribution is -2.12. The number of thiazole rings is 1. The lowest BCUT2D eigenvalue weighted by molar-refractivity contribution is 0.128. The van der Waals surface area contributed by atoms with Crippen molar-refractivity contribution in [3.05, 3.63) is 36.9 Å². The molecule has 0 aliphatic heterocycles. The Balaban J connectivity index is 1.94. The van der Waals surface area contributed by atoms with Crippen LogP contribution in [-0.2, 0) is 16.9 Å². The summed E-state index contributed by atoms with van der Waals surface area (Å²) in [4.78, 5) is 10.7. The van der Waals surface area contributed by atoms with E-state index in [0.717, 1.165) is 20.1 Å². The fourth-order valence-electron chi connectivity index (χ4n) is 1.38. The largest absolute Gasteiger partial charge is 0.388 e. The van der Waals surface area contributed by atoms with E-state index in [1.54, 1.807) is 11.3 Å². The molecule has 0 aliphatic rings. The third-order valence-electron chi connectivity index (χ3n) is 2.39. The molecule has 0 spiro atoms. The second-order valence-corrected chi connectivity index (χ2v) is 7.96. The van der Waals surface area contributed by atoms with Gasteiger partial charge < -0.3 is 10.6 Å². The topological polar surface area (TPSA) is 60.5 Å². The van der Waals surface area contributed by atoms with Gasteiger partial charge in [0, 0.05) is 20.6 Å². The first-order chi connectivity index (χ1) is 9.36. The first-order valence-corrected chi connectivity index (χ1v) is 8.56. The highest BCUT2D eigenvalue weighted by atomic mass is 79.9. The minimum Gasteiger partial charge on any atom is -0.388 e. The van der Waals surface area contributed by atoms with Crippen molar-refractivity contribution in [1.82, 2.24) is 4.98 Å². The van der Waals surface area contributed by atoms with Gasteiger partial charge in [0.1, 0.15) is 0 Å². The van der Waals surface area contributed by atoms with Crippen LogP contribution in [0.2, 0.25) is 0 Å². The van der Waals surface area contributed by atoms with Crippen molar-refractivity contribution in [2.45, 2.75) is 32.8 Å². The Morgan fingerprint density at radius 3 is 2.70 bits per heavy atom. The SMILES string of the molecule is CC(C)(C)c1nc(CO/N=C(/N)c2cc(Br)cs2)cs1. The molecule has 108 valence electrons. The van der Waals surface area contributed by atoms with E-state index in [4.69, 9.17) is 10.6 Å². The van der Waals surface area contributed by atoms with Gasteiger partial charge in [0.25, 0.3) is 0 Å². The summed E-state index contributed by atoms with van der Waals surface area (Å²) in [6.45, 7) is 6.75. The van der Waals surface area contributed by atoms with Crippen molar-refractivity contribution >= 4 is 44.4 Å². The van der Waals surface area contributed by atoms with Gasteiger partial charge in [-0.2, -0.15) is 0 Å². The number of oxime groups is 1. The highest BCUT2D eigenvalue weighted by Crippen LogP contribution is 2.25. The molecule has 2 aromatic rings. The molecule has 20 heavy (non-hydrogen) atoms. The molecule has 0 amide bonds. The molecule has 0 bridgehead atoms. The fourth-order valence-corrected chi connectivity index (χ4v) is 3.59. The van der Waals surface area contributed by atoms with Crippen molar-refractivity contribution < 1.29 is 4.84 Å². The Kier molecular flexibility index (Phi) is 4.82. The molecule has 0 unspecified atom stereocenters. The number of aromatic nitrogens is 1. The van der Waals surface area contributed by atoms with Gasteiger partial charge in [-0.15, -0.1) is 22.7 Å². The van der Waals surface area contributed by atoms with Gasteiger partial charge in [0.05, 0.1) is 15.6 Å². The molecule has 0 saturated carbocycles. The van der Waals surface area contributed by atoms with E-state index in [1.807, 2.05) is 16.8 Å².